The zero-order chi connectivity index (χ0) is 22.2. The summed E-state index contributed by atoms with van der Waals surface area (Å²) in [5.41, 5.74) is 5.32. The van der Waals surface area contributed by atoms with Gasteiger partial charge in [0.05, 0.1) is 12.7 Å². The lowest BCUT2D eigenvalue weighted by molar-refractivity contribution is -0.0561. The van der Waals surface area contributed by atoms with Gasteiger partial charge < -0.3 is 4.74 Å². The summed E-state index contributed by atoms with van der Waals surface area (Å²) < 4.78 is 6.61. The average molecular weight is 447 g/mol. The van der Waals surface area contributed by atoms with Gasteiger partial charge in [0.25, 0.3) is 0 Å². The van der Waals surface area contributed by atoms with Crippen molar-refractivity contribution in [1.82, 2.24) is 9.88 Å². The first-order valence-electron chi connectivity index (χ1n) is 11.9. The Morgan fingerprint density at radius 2 is 2.03 bits per heavy atom. The highest BCUT2D eigenvalue weighted by molar-refractivity contribution is 7.09. The van der Waals surface area contributed by atoms with E-state index in [2.05, 4.69) is 90.8 Å². The molecule has 1 saturated heterocycles. The fourth-order valence-corrected chi connectivity index (χ4v) is 6.37. The Kier molecular flexibility index (Phi) is 5.96. The summed E-state index contributed by atoms with van der Waals surface area (Å²) in [6.07, 6.45) is 6.71. The van der Waals surface area contributed by atoms with Crippen LogP contribution in [0, 0.1) is 12.3 Å². The van der Waals surface area contributed by atoms with Crippen LogP contribution in [0.2, 0.25) is 0 Å². The molecule has 5 rings (SSSR count). The maximum atomic E-state index is 6.61. The molecule has 0 amide bonds. The zero-order valence-corrected chi connectivity index (χ0v) is 20.3. The number of likely N-dealkylation sites (tertiary alicyclic amines) is 1. The summed E-state index contributed by atoms with van der Waals surface area (Å²) >= 11 is 1.88. The van der Waals surface area contributed by atoms with Gasteiger partial charge in [0.2, 0.25) is 0 Å². The van der Waals surface area contributed by atoms with Gasteiger partial charge in [0.15, 0.2) is 0 Å². The molecule has 1 aromatic carbocycles. The molecule has 3 aromatic rings. The van der Waals surface area contributed by atoms with E-state index in [1.165, 1.54) is 28.0 Å². The number of pyridine rings is 1. The summed E-state index contributed by atoms with van der Waals surface area (Å²) in [5.74, 6) is 0. The Morgan fingerprint density at radius 1 is 1.16 bits per heavy atom. The van der Waals surface area contributed by atoms with Gasteiger partial charge in [0.1, 0.15) is 0 Å². The second-order valence-corrected chi connectivity index (χ2v) is 11.1. The van der Waals surface area contributed by atoms with E-state index in [1.807, 2.05) is 11.3 Å². The summed E-state index contributed by atoms with van der Waals surface area (Å²) in [6, 6.07) is 17.8. The smallest absolute Gasteiger partial charge is 0.0896 e. The van der Waals surface area contributed by atoms with Crippen LogP contribution in [0.1, 0.15) is 60.1 Å². The molecule has 0 saturated carbocycles. The fraction of sp³-hybridized carbons (Fsp3) is 0.464. The Balaban J connectivity index is 1.47. The van der Waals surface area contributed by atoms with Crippen molar-refractivity contribution in [3.05, 3.63) is 87.4 Å². The average Bonchev–Trinajstić information content (AvgIpc) is 3.49. The number of nitrogens with zero attached hydrogens (tertiary/aromatic N) is 2. The van der Waals surface area contributed by atoms with Crippen molar-refractivity contribution in [3.8, 4) is 0 Å². The third-order valence-corrected chi connectivity index (χ3v) is 8.73. The first kappa shape index (κ1) is 21.8. The molecule has 0 N–H and O–H groups in total. The molecule has 0 radical (unpaired) electrons. The topological polar surface area (TPSA) is 25.4 Å². The summed E-state index contributed by atoms with van der Waals surface area (Å²) in [5, 5.41) is 2.20. The van der Waals surface area contributed by atoms with Gasteiger partial charge in [-0.15, -0.1) is 11.3 Å². The van der Waals surface area contributed by atoms with Crippen molar-refractivity contribution >= 4 is 11.3 Å². The number of thiophene rings is 1. The summed E-state index contributed by atoms with van der Waals surface area (Å²) in [4.78, 5) is 8.75. The van der Waals surface area contributed by atoms with E-state index in [9.17, 15) is 0 Å². The standard InChI is InChI=1S/C28H34N2OS/c1-21-10-11-23(19-29-21)27(2,3)30-16-15-28(20-30,14-12-24-8-6-18-32-24)26-25-9-5-4-7-22(25)13-17-31-26/h4-11,18-19,26H,12-17,20H2,1-3H3/t26-,28-/m1/s1. The van der Waals surface area contributed by atoms with Gasteiger partial charge in [-0.25, -0.2) is 0 Å². The van der Waals surface area contributed by atoms with Gasteiger partial charge >= 0.3 is 0 Å². The van der Waals surface area contributed by atoms with Crippen molar-refractivity contribution in [2.45, 2.75) is 58.1 Å². The molecule has 32 heavy (non-hydrogen) atoms. The van der Waals surface area contributed by atoms with Crippen LogP contribution in [0.5, 0.6) is 0 Å². The zero-order valence-electron chi connectivity index (χ0n) is 19.5. The fourth-order valence-electron chi connectivity index (χ4n) is 5.66. The minimum Gasteiger partial charge on any atom is -0.373 e. The number of rotatable bonds is 6. The number of benzene rings is 1. The van der Waals surface area contributed by atoms with Crippen molar-refractivity contribution in [3.63, 3.8) is 0 Å². The largest absolute Gasteiger partial charge is 0.373 e. The molecule has 2 atom stereocenters. The molecule has 4 heteroatoms. The molecule has 3 nitrogen and oxygen atoms in total. The van der Waals surface area contributed by atoms with E-state index < -0.39 is 0 Å². The number of fused-ring (bicyclic) bond motifs is 1. The monoisotopic (exact) mass is 446 g/mol. The summed E-state index contributed by atoms with van der Waals surface area (Å²) in [6.45, 7) is 9.73. The SMILES string of the molecule is Cc1ccc(C(C)(C)N2CC[C@@](CCc3cccs3)([C@@H]3OCCc4ccccc43)C2)cn1. The number of aryl methyl sites for hydroxylation is 2. The molecular weight excluding hydrogens is 412 g/mol. The number of aromatic nitrogens is 1. The van der Waals surface area contributed by atoms with Crippen LogP contribution in [0.25, 0.3) is 0 Å². The number of ether oxygens (including phenoxy) is 1. The van der Waals surface area contributed by atoms with E-state index in [1.54, 1.807) is 0 Å². The van der Waals surface area contributed by atoms with Crippen LogP contribution in [0.3, 0.4) is 0 Å². The highest BCUT2D eigenvalue weighted by Gasteiger charge is 2.50. The number of hydrogen-bond donors (Lipinski definition) is 0. The van der Waals surface area contributed by atoms with E-state index in [0.29, 0.717) is 0 Å². The van der Waals surface area contributed by atoms with Crippen molar-refractivity contribution in [2.24, 2.45) is 5.41 Å². The maximum Gasteiger partial charge on any atom is 0.0896 e. The second-order valence-electron chi connectivity index (χ2n) is 10.1. The van der Waals surface area contributed by atoms with Gasteiger partial charge in [-0.1, -0.05) is 36.4 Å². The van der Waals surface area contributed by atoms with E-state index in [0.717, 1.165) is 44.7 Å². The molecular formula is C28H34N2OS. The van der Waals surface area contributed by atoms with Crippen LogP contribution >= 0.6 is 11.3 Å². The highest BCUT2D eigenvalue weighted by atomic mass is 32.1. The van der Waals surface area contributed by atoms with E-state index in [-0.39, 0.29) is 17.1 Å². The van der Waals surface area contributed by atoms with Crippen LogP contribution in [0.4, 0.5) is 0 Å². The minimum absolute atomic E-state index is 0.0560. The highest BCUT2D eigenvalue weighted by Crippen LogP contribution is 2.52. The predicted molar refractivity (Wildman–Crippen MR) is 132 cm³/mol. The Hall–Kier alpha value is -2.01. The van der Waals surface area contributed by atoms with Gasteiger partial charge in [0, 0.05) is 34.3 Å². The lowest BCUT2D eigenvalue weighted by Gasteiger charge is -2.43. The Labute approximate surface area is 196 Å². The van der Waals surface area contributed by atoms with Crippen LogP contribution < -0.4 is 0 Å². The van der Waals surface area contributed by atoms with Crippen LogP contribution in [-0.4, -0.2) is 29.6 Å². The predicted octanol–water partition coefficient (Wildman–Crippen LogP) is 6.33. The molecule has 4 heterocycles. The Bertz CT molecular complexity index is 1040. The second kappa shape index (κ2) is 8.74. The quantitative estimate of drug-likeness (QED) is 0.443. The lowest BCUT2D eigenvalue weighted by atomic mass is 9.72. The van der Waals surface area contributed by atoms with Crippen molar-refractivity contribution < 1.29 is 4.74 Å². The summed E-state index contributed by atoms with van der Waals surface area (Å²) in [7, 11) is 0. The van der Waals surface area contributed by atoms with Crippen LogP contribution in [-0.2, 0) is 23.1 Å². The van der Waals surface area contributed by atoms with Crippen molar-refractivity contribution in [1.29, 1.82) is 0 Å². The third-order valence-electron chi connectivity index (χ3n) is 7.79. The van der Waals surface area contributed by atoms with E-state index >= 15 is 0 Å². The molecule has 0 aliphatic carbocycles. The molecule has 0 spiro atoms. The van der Waals surface area contributed by atoms with Gasteiger partial charge in [-0.2, -0.15) is 0 Å². The minimum atomic E-state index is -0.0560. The van der Waals surface area contributed by atoms with Gasteiger partial charge in [-0.3, -0.25) is 9.88 Å². The molecule has 0 bridgehead atoms. The van der Waals surface area contributed by atoms with Crippen molar-refractivity contribution in [2.75, 3.05) is 19.7 Å². The Morgan fingerprint density at radius 3 is 2.81 bits per heavy atom. The molecule has 0 unspecified atom stereocenters. The molecule has 2 aliphatic rings. The van der Waals surface area contributed by atoms with Crippen LogP contribution in [0.15, 0.2) is 60.1 Å². The first-order valence-corrected chi connectivity index (χ1v) is 12.8. The molecule has 1 fully saturated rings. The first-order chi connectivity index (χ1) is 15.5. The normalized spacial score (nSPS) is 23.9. The third kappa shape index (κ3) is 4.05. The van der Waals surface area contributed by atoms with Gasteiger partial charge in [-0.05, 0) is 87.2 Å². The lowest BCUT2D eigenvalue weighted by Crippen LogP contribution is -2.43. The molecule has 168 valence electrons. The molecule has 2 aliphatic heterocycles. The van der Waals surface area contributed by atoms with E-state index in [4.69, 9.17) is 4.74 Å². The number of hydrogen-bond acceptors (Lipinski definition) is 4. The molecule has 2 aromatic heterocycles. The maximum absolute atomic E-state index is 6.61.